The molecule has 82 valence electrons. The molecule has 1 atom stereocenters. The van der Waals surface area contributed by atoms with Gasteiger partial charge in [-0.3, -0.25) is 4.79 Å². The van der Waals surface area contributed by atoms with Crippen molar-refractivity contribution in [2.24, 2.45) is 0 Å². The molecule has 0 bridgehead atoms. The highest BCUT2D eigenvalue weighted by atomic mass is 19.3. The molecular formula is C9H16F2N2O. The van der Waals surface area contributed by atoms with E-state index in [0.717, 1.165) is 12.8 Å². The molecule has 1 heterocycles. The fourth-order valence-corrected chi connectivity index (χ4v) is 1.71. The third-order valence-corrected chi connectivity index (χ3v) is 2.63. The molecule has 14 heavy (non-hydrogen) atoms. The van der Waals surface area contributed by atoms with Crippen molar-refractivity contribution < 1.29 is 13.6 Å². The molecule has 0 aliphatic carbocycles. The number of rotatable bonds is 2. The van der Waals surface area contributed by atoms with Gasteiger partial charge in [0.2, 0.25) is 0 Å². The first-order valence-corrected chi connectivity index (χ1v) is 4.75. The van der Waals surface area contributed by atoms with E-state index in [1.54, 1.807) is 0 Å². The summed E-state index contributed by atoms with van der Waals surface area (Å²) in [7, 11) is 3.81. The predicted molar refractivity (Wildman–Crippen MR) is 49.3 cm³/mol. The molecule has 1 rings (SSSR count). The fraction of sp³-hybridized carbons (Fsp3) is 0.889. The lowest BCUT2D eigenvalue weighted by Gasteiger charge is -2.35. The molecular weight excluding hydrogens is 190 g/mol. The number of carbonyl (C=O) groups excluding carboxylic acids is 1. The van der Waals surface area contributed by atoms with Crippen LogP contribution in [0.4, 0.5) is 8.78 Å². The minimum Gasteiger partial charge on any atom is -0.336 e. The number of alkyl halides is 2. The number of hydrogen-bond acceptors (Lipinski definition) is 2. The Morgan fingerprint density at radius 3 is 2.64 bits per heavy atom. The van der Waals surface area contributed by atoms with Crippen molar-refractivity contribution in [2.75, 3.05) is 27.2 Å². The summed E-state index contributed by atoms with van der Waals surface area (Å²) in [5.74, 6) is -1.03. The predicted octanol–water partition coefficient (Wildman–Crippen LogP) is 0.804. The quantitative estimate of drug-likeness (QED) is 0.667. The number of nitrogens with zero attached hydrogens (tertiary/aromatic N) is 2. The van der Waals surface area contributed by atoms with Crippen molar-refractivity contribution in [2.45, 2.75) is 25.3 Å². The van der Waals surface area contributed by atoms with Crippen LogP contribution in [0.25, 0.3) is 0 Å². The topological polar surface area (TPSA) is 23.6 Å². The van der Waals surface area contributed by atoms with Crippen LogP contribution in [0.2, 0.25) is 0 Å². The zero-order valence-corrected chi connectivity index (χ0v) is 8.54. The Balaban J connectivity index is 2.51. The number of carbonyl (C=O) groups is 1. The van der Waals surface area contributed by atoms with Gasteiger partial charge in [0.15, 0.2) is 0 Å². The number of halogens is 2. The van der Waals surface area contributed by atoms with Crippen molar-refractivity contribution in [1.82, 2.24) is 9.80 Å². The molecule has 0 aromatic heterocycles. The highest BCUT2D eigenvalue weighted by molar-refractivity contribution is 5.79. The number of hydrogen-bond donors (Lipinski definition) is 0. The normalized spacial score (nSPS) is 23.3. The zero-order valence-electron chi connectivity index (χ0n) is 8.54. The first kappa shape index (κ1) is 11.4. The fourth-order valence-electron chi connectivity index (χ4n) is 1.71. The third-order valence-electron chi connectivity index (χ3n) is 2.63. The van der Waals surface area contributed by atoms with Crippen LogP contribution >= 0.6 is 0 Å². The van der Waals surface area contributed by atoms with Gasteiger partial charge >= 0.3 is 6.43 Å². The summed E-state index contributed by atoms with van der Waals surface area (Å²) >= 11 is 0. The summed E-state index contributed by atoms with van der Waals surface area (Å²) in [4.78, 5) is 14.3. The lowest BCUT2D eigenvalue weighted by Crippen LogP contribution is -2.49. The number of likely N-dealkylation sites (N-methyl/N-ethyl adjacent to an activating group) is 1. The van der Waals surface area contributed by atoms with Gasteiger partial charge < -0.3 is 9.80 Å². The second-order valence-corrected chi connectivity index (χ2v) is 3.84. The molecule has 0 radical (unpaired) electrons. The Kier molecular flexibility index (Phi) is 3.80. The van der Waals surface area contributed by atoms with Crippen molar-refractivity contribution in [1.29, 1.82) is 0 Å². The first-order valence-electron chi connectivity index (χ1n) is 4.75. The van der Waals surface area contributed by atoms with Gasteiger partial charge in [-0.05, 0) is 26.9 Å². The van der Waals surface area contributed by atoms with Crippen LogP contribution in [0.1, 0.15) is 12.8 Å². The average molecular weight is 206 g/mol. The van der Waals surface area contributed by atoms with Crippen LogP contribution in [0.15, 0.2) is 0 Å². The molecule has 1 amide bonds. The Hall–Kier alpha value is -0.710. The minimum atomic E-state index is -2.86. The van der Waals surface area contributed by atoms with E-state index in [-0.39, 0.29) is 6.04 Å². The summed E-state index contributed by atoms with van der Waals surface area (Å²) < 4.78 is 24.3. The average Bonchev–Trinajstić information content (AvgIpc) is 2.16. The molecule has 1 saturated heterocycles. The summed E-state index contributed by atoms with van der Waals surface area (Å²) in [5.41, 5.74) is 0. The maximum Gasteiger partial charge on any atom is 0.315 e. The van der Waals surface area contributed by atoms with E-state index < -0.39 is 12.3 Å². The smallest absolute Gasteiger partial charge is 0.315 e. The lowest BCUT2D eigenvalue weighted by atomic mass is 10.1. The molecule has 0 aromatic carbocycles. The molecule has 3 nitrogen and oxygen atoms in total. The number of piperidine rings is 1. The second kappa shape index (κ2) is 4.68. The van der Waals surface area contributed by atoms with E-state index in [4.69, 9.17) is 0 Å². The molecule has 0 N–H and O–H groups in total. The molecule has 1 fully saturated rings. The molecule has 0 aromatic rings. The van der Waals surface area contributed by atoms with Gasteiger partial charge in [0.1, 0.15) is 0 Å². The van der Waals surface area contributed by atoms with E-state index in [9.17, 15) is 13.6 Å². The van der Waals surface area contributed by atoms with Crippen LogP contribution < -0.4 is 0 Å². The van der Waals surface area contributed by atoms with Crippen LogP contribution in [-0.4, -0.2) is 55.4 Å². The van der Waals surface area contributed by atoms with E-state index in [1.165, 1.54) is 4.90 Å². The number of likely N-dealkylation sites (tertiary alicyclic amines) is 1. The van der Waals surface area contributed by atoms with Crippen molar-refractivity contribution in [3.63, 3.8) is 0 Å². The molecule has 0 spiro atoms. The van der Waals surface area contributed by atoms with Gasteiger partial charge in [0, 0.05) is 19.1 Å². The highest BCUT2D eigenvalue weighted by Gasteiger charge is 2.29. The van der Waals surface area contributed by atoms with Crippen LogP contribution in [0.5, 0.6) is 0 Å². The van der Waals surface area contributed by atoms with Gasteiger partial charge in [-0.15, -0.1) is 0 Å². The molecule has 1 aliphatic rings. The molecule has 0 saturated carbocycles. The van der Waals surface area contributed by atoms with Crippen LogP contribution in [-0.2, 0) is 4.79 Å². The van der Waals surface area contributed by atoms with Crippen LogP contribution in [0, 0.1) is 0 Å². The lowest BCUT2D eigenvalue weighted by molar-refractivity contribution is -0.144. The molecule has 1 aliphatic heterocycles. The monoisotopic (exact) mass is 206 g/mol. The standard InChI is InChI=1S/C9H16F2N2O/c1-12(2)7-4-3-5-13(6-7)9(14)8(10)11/h7-8H,3-6H2,1-2H3. The van der Waals surface area contributed by atoms with E-state index in [0.29, 0.717) is 13.1 Å². The zero-order chi connectivity index (χ0) is 10.7. The van der Waals surface area contributed by atoms with Crippen molar-refractivity contribution >= 4 is 5.91 Å². The van der Waals surface area contributed by atoms with Crippen LogP contribution in [0.3, 0.4) is 0 Å². The Bertz CT molecular complexity index is 209. The highest BCUT2D eigenvalue weighted by Crippen LogP contribution is 2.15. The first-order chi connectivity index (χ1) is 6.52. The van der Waals surface area contributed by atoms with Crippen molar-refractivity contribution in [3.05, 3.63) is 0 Å². The van der Waals surface area contributed by atoms with Gasteiger partial charge in [-0.1, -0.05) is 0 Å². The van der Waals surface area contributed by atoms with Gasteiger partial charge in [0.25, 0.3) is 5.91 Å². The summed E-state index contributed by atoms with van der Waals surface area (Å²) in [6.45, 7) is 0.893. The summed E-state index contributed by atoms with van der Waals surface area (Å²) in [6.07, 6.45) is -1.09. The van der Waals surface area contributed by atoms with Gasteiger partial charge in [-0.25, -0.2) is 0 Å². The SMILES string of the molecule is CN(C)C1CCCN(C(=O)C(F)F)C1. The minimum absolute atomic E-state index is 0.214. The summed E-state index contributed by atoms with van der Waals surface area (Å²) in [5, 5.41) is 0. The Labute approximate surface area is 82.7 Å². The van der Waals surface area contributed by atoms with Gasteiger partial charge in [0.05, 0.1) is 0 Å². The van der Waals surface area contributed by atoms with E-state index in [2.05, 4.69) is 0 Å². The Morgan fingerprint density at radius 2 is 2.14 bits per heavy atom. The molecule has 1 unspecified atom stereocenters. The van der Waals surface area contributed by atoms with Gasteiger partial charge in [-0.2, -0.15) is 8.78 Å². The maximum absolute atomic E-state index is 12.1. The van der Waals surface area contributed by atoms with E-state index in [1.807, 2.05) is 19.0 Å². The van der Waals surface area contributed by atoms with Crippen molar-refractivity contribution in [3.8, 4) is 0 Å². The molecule has 5 heteroatoms. The van der Waals surface area contributed by atoms with E-state index >= 15 is 0 Å². The third kappa shape index (κ3) is 2.64. The largest absolute Gasteiger partial charge is 0.336 e. The second-order valence-electron chi connectivity index (χ2n) is 3.84. The maximum atomic E-state index is 12.1. The number of amides is 1. The Morgan fingerprint density at radius 1 is 1.50 bits per heavy atom. The summed E-state index contributed by atoms with van der Waals surface area (Å²) in [6, 6.07) is 0.214.